The van der Waals surface area contributed by atoms with Crippen molar-refractivity contribution in [2.45, 2.75) is 32.7 Å². The lowest BCUT2D eigenvalue weighted by Gasteiger charge is -2.07. The second-order valence-corrected chi connectivity index (χ2v) is 7.49. The minimum absolute atomic E-state index is 0.144. The van der Waals surface area contributed by atoms with E-state index in [0.717, 1.165) is 23.5 Å². The number of nitrogens with zero attached hydrogens (tertiary/aromatic N) is 1. The number of thiophene rings is 1. The second kappa shape index (κ2) is 6.54. The highest BCUT2D eigenvalue weighted by atomic mass is 32.1. The number of allylic oxidation sites excluding steroid dienone is 2. The first-order valence-corrected chi connectivity index (χ1v) is 8.85. The molecule has 0 fully saturated rings. The van der Waals surface area contributed by atoms with Gasteiger partial charge >= 0.3 is 0 Å². The van der Waals surface area contributed by atoms with E-state index in [1.165, 1.54) is 9.75 Å². The smallest absolute Gasteiger partial charge is 0.220 e. The molecule has 2 aromatic heterocycles. The van der Waals surface area contributed by atoms with E-state index in [1.807, 2.05) is 6.92 Å². The molecule has 0 radical (unpaired) electrons. The summed E-state index contributed by atoms with van der Waals surface area (Å²) < 4.78 is 0. The van der Waals surface area contributed by atoms with Gasteiger partial charge in [-0.25, -0.2) is 4.98 Å². The van der Waals surface area contributed by atoms with Crippen LogP contribution in [0.4, 0.5) is 0 Å². The molecular weight excluding hydrogens is 300 g/mol. The predicted molar refractivity (Wildman–Crippen MR) is 88.5 cm³/mol. The van der Waals surface area contributed by atoms with Gasteiger partial charge < -0.3 is 5.32 Å². The summed E-state index contributed by atoms with van der Waals surface area (Å²) in [5.74, 6) is 0.577. The van der Waals surface area contributed by atoms with Crippen LogP contribution in [0.25, 0.3) is 10.6 Å². The largest absolute Gasteiger partial charge is 0.351 e. The highest BCUT2D eigenvalue weighted by molar-refractivity contribution is 7.16. The topological polar surface area (TPSA) is 42.0 Å². The molecule has 1 N–H and O–H groups in total. The zero-order valence-corrected chi connectivity index (χ0v) is 13.6. The summed E-state index contributed by atoms with van der Waals surface area (Å²) in [5.41, 5.74) is 1.04. The Kier molecular flexibility index (Phi) is 4.51. The van der Waals surface area contributed by atoms with E-state index in [0.29, 0.717) is 18.9 Å². The maximum atomic E-state index is 11.9. The average Bonchev–Trinajstić information content (AvgIpc) is 3.17. The van der Waals surface area contributed by atoms with Gasteiger partial charge in [-0.15, -0.1) is 22.7 Å². The molecule has 0 saturated carbocycles. The number of carbonyl (C=O) groups excluding carboxylic acids is 1. The molecule has 0 bridgehead atoms. The molecule has 3 nitrogen and oxygen atoms in total. The highest BCUT2D eigenvalue weighted by Gasteiger charge is 2.14. The lowest BCUT2D eigenvalue weighted by Crippen LogP contribution is -2.23. The molecule has 1 aliphatic rings. The van der Waals surface area contributed by atoms with Crippen LogP contribution in [0.5, 0.6) is 0 Å². The quantitative estimate of drug-likeness (QED) is 0.841. The van der Waals surface area contributed by atoms with Crippen LogP contribution in [0, 0.1) is 12.8 Å². The van der Waals surface area contributed by atoms with E-state index in [-0.39, 0.29) is 5.91 Å². The highest BCUT2D eigenvalue weighted by Crippen LogP contribution is 2.29. The van der Waals surface area contributed by atoms with Crippen molar-refractivity contribution in [2.24, 2.45) is 5.92 Å². The molecule has 1 aliphatic carbocycles. The molecule has 2 heterocycles. The van der Waals surface area contributed by atoms with Gasteiger partial charge in [-0.05, 0) is 37.8 Å². The van der Waals surface area contributed by atoms with Gasteiger partial charge in [0.15, 0.2) is 0 Å². The van der Waals surface area contributed by atoms with Gasteiger partial charge in [0.05, 0.1) is 22.1 Å². The first kappa shape index (κ1) is 14.5. The van der Waals surface area contributed by atoms with E-state index < -0.39 is 0 Å². The molecule has 0 aromatic carbocycles. The molecule has 0 spiro atoms. The van der Waals surface area contributed by atoms with Gasteiger partial charge in [0.1, 0.15) is 0 Å². The van der Waals surface area contributed by atoms with E-state index in [2.05, 4.69) is 40.0 Å². The number of rotatable bonds is 5. The van der Waals surface area contributed by atoms with E-state index in [9.17, 15) is 4.79 Å². The Morgan fingerprint density at radius 2 is 2.38 bits per heavy atom. The number of hydrogen-bond acceptors (Lipinski definition) is 4. The first-order chi connectivity index (χ1) is 10.2. The van der Waals surface area contributed by atoms with Crippen molar-refractivity contribution >= 4 is 28.6 Å². The Morgan fingerprint density at radius 1 is 1.48 bits per heavy atom. The number of hydrogen-bond donors (Lipinski definition) is 1. The third-order valence-corrected chi connectivity index (χ3v) is 5.43. The van der Waals surface area contributed by atoms with Gasteiger partial charge in [-0.2, -0.15) is 0 Å². The van der Waals surface area contributed by atoms with Crippen molar-refractivity contribution in [3.05, 3.63) is 39.5 Å². The number of amides is 1. The molecule has 2 aromatic rings. The number of aryl methyl sites for hydroxylation is 1. The predicted octanol–water partition coefficient (Wildman–Crippen LogP) is 4.15. The number of aromatic nitrogens is 1. The van der Waals surface area contributed by atoms with Crippen LogP contribution in [0.2, 0.25) is 0 Å². The number of carbonyl (C=O) groups is 1. The Labute approximate surface area is 132 Å². The molecule has 0 saturated heterocycles. The van der Waals surface area contributed by atoms with Crippen molar-refractivity contribution < 1.29 is 4.79 Å². The van der Waals surface area contributed by atoms with Gasteiger partial charge in [-0.3, -0.25) is 4.79 Å². The zero-order chi connectivity index (χ0) is 14.7. The van der Waals surface area contributed by atoms with Crippen molar-refractivity contribution in [1.82, 2.24) is 10.3 Å². The summed E-state index contributed by atoms with van der Waals surface area (Å²) >= 11 is 3.36. The van der Waals surface area contributed by atoms with Crippen LogP contribution in [0.3, 0.4) is 0 Å². The van der Waals surface area contributed by atoms with Gasteiger partial charge in [0.2, 0.25) is 5.91 Å². The van der Waals surface area contributed by atoms with Gasteiger partial charge in [0, 0.05) is 16.7 Å². The van der Waals surface area contributed by atoms with Crippen molar-refractivity contribution in [2.75, 3.05) is 0 Å². The molecule has 0 unspecified atom stereocenters. The van der Waals surface area contributed by atoms with Crippen molar-refractivity contribution in [3.63, 3.8) is 0 Å². The molecule has 110 valence electrons. The fourth-order valence-corrected chi connectivity index (χ4v) is 4.04. The fraction of sp³-hybridized carbons (Fsp3) is 0.375. The Morgan fingerprint density at radius 3 is 3.10 bits per heavy atom. The molecule has 5 heteroatoms. The molecule has 21 heavy (non-hydrogen) atoms. The van der Waals surface area contributed by atoms with Crippen LogP contribution in [0.1, 0.15) is 29.1 Å². The Bertz CT molecular complexity index is 657. The summed E-state index contributed by atoms with van der Waals surface area (Å²) in [4.78, 5) is 18.7. The molecule has 3 rings (SSSR count). The van der Waals surface area contributed by atoms with Crippen LogP contribution in [-0.4, -0.2) is 10.9 Å². The minimum Gasteiger partial charge on any atom is -0.351 e. The van der Waals surface area contributed by atoms with Crippen molar-refractivity contribution in [1.29, 1.82) is 0 Å². The standard InChI is InChI=1S/C16H18N2OS2/c1-11-18-14(10-20-11)15-7-6-13(21-15)9-17-16(19)8-12-4-2-3-5-12/h2,4,6-7,10,12H,3,5,8-9H2,1H3,(H,17,19)/t12-/m0/s1. The van der Waals surface area contributed by atoms with Crippen molar-refractivity contribution in [3.8, 4) is 10.6 Å². The van der Waals surface area contributed by atoms with Crippen LogP contribution >= 0.6 is 22.7 Å². The summed E-state index contributed by atoms with van der Waals surface area (Å²) in [5, 5.41) is 6.18. The lowest BCUT2D eigenvalue weighted by molar-refractivity contribution is -0.121. The fourth-order valence-electron chi connectivity index (χ4n) is 2.45. The van der Waals surface area contributed by atoms with Crippen LogP contribution in [-0.2, 0) is 11.3 Å². The van der Waals surface area contributed by atoms with Crippen LogP contribution < -0.4 is 5.32 Å². The number of thiazole rings is 1. The Hall–Kier alpha value is -1.46. The van der Waals surface area contributed by atoms with E-state index >= 15 is 0 Å². The molecule has 0 aliphatic heterocycles. The summed E-state index contributed by atoms with van der Waals surface area (Å²) in [6.07, 6.45) is 7.16. The van der Waals surface area contributed by atoms with Gasteiger partial charge in [-0.1, -0.05) is 12.2 Å². The SMILES string of the molecule is Cc1nc(-c2ccc(CNC(=O)C[C@H]3C=CCC3)s2)cs1. The summed E-state index contributed by atoms with van der Waals surface area (Å²) in [7, 11) is 0. The third-order valence-electron chi connectivity index (χ3n) is 3.55. The Balaban J connectivity index is 1.52. The number of nitrogens with one attached hydrogen (secondary N) is 1. The molecule has 1 atom stereocenters. The molecular formula is C16H18N2OS2. The molecule has 1 amide bonds. The monoisotopic (exact) mass is 318 g/mol. The van der Waals surface area contributed by atoms with E-state index in [4.69, 9.17) is 0 Å². The average molecular weight is 318 g/mol. The minimum atomic E-state index is 0.144. The summed E-state index contributed by atoms with van der Waals surface area (Å²) in [6.45, 7) is 2.63. The summed E-state index contributed by atoms with van der Waals surface area (Å²) in [6, 6.07) is 4.16. The maximum Gasteiger partial charge on any atom is 0.220 e. The van der Waals surface area contributed by atoms with Crippen LogP contribution in [0.15, 0.2) is 29.7 Å². The third kappa shape index (κ3) is 3.80. The first-order valence-electron chi connectivity index (χ1n) is 7.15. The zero-order valence-electron chi connectivity index (χ0n) is 12.0. The lowest BCUT2D eigenvalue weighted by atomic mass is 10.1. The van der Waals surface area contributed by atoms with Gasteiger partial charge in [0.25, 0.3) is 0 Å². The van der Waals surface area contributed by atoms with E-state index in [1.54, 1.807) is 22.7 Å². The normalized spacial score (nSPS) is 17.3. The maximum absolute atomic E-state index is 11.9. The second-order valence-electron chi connectivity index (χ2n) is 5.26.